The van der Waals surface area contributed by atoms with Gasteiger partial charge in [-0.2, -0.15) is 0 Å². The van der Waals surface area contributed by atoms with Gasteiger partial charge in [-0.05, 0) is 0 Å². The molecule has 0 radical (unpaired) electrons. The van der Waals surface area contributed by atoms with Gasteiger partial charge in [0, 0.05) is 6.92 Å². The first-order valence-corrected chi connectivity index (χ1v) is 10.0. The van der Waals surface area contributed by atoms with Gasteiger partial charge in [0.15, 0.2) is 12.6 Å². The Bertz CT molecular complexity index is 761. The number of nitrogens with one attached hydrogen (secondary N) is 1. The number of aliphatic hydroxyl groups is 5. The molecule has 1 amide bonds. The van der Waals surface area contributed by atoms with Gasteiger partial charge in [-0.1, -0.05) is 0 Å². The third-order valence-electron chi connectivity index (χ3n) is 4.53. The van der Waals surface area contributed by atoms with E-state index in [4.69, 9.17) is 14.2 Å². The van der Waals surface area contributed by atoms with Crippen molar-refractivity contribution in [1.29, 1.82) is 0 Å². The van der Waals surface area contributed by atoms with Gasteiger partial charge in [0.05, 0.1) is 12.6 Å². The largest absolute Gasteiger partial charge is 0.726 e. The Morgan fingerprint density at radius 1 is 1.03 bits per heavy atom. The summed E-state index contributed by atoms with van der Waals surface area (Å²) in [7, 11) is -5.21. The fourth-order valence-electron chi connectivity index (χ4n) is 3.08. The molecular formula is C14H21NO15S-2. The van der Waals surface area contributed by atoms with Crippen LogP contribution in [0.5, 0.6) is 0 Å². The lowest BCUT2D eigenvalue weighted by Crippen LogP contribution is -2.68. The minimum Gasteiger partial charge on any atom is -0.726 e. The second-order valence-electron chi connectivity index (χ2n) is 6.79. The van der Waals surface area contributed by atoms with Gasteiger partial charge >= 0.3 is 0 Å². The fourth-order valence-corrected chi connectivity index (χ4v) is 3.38. The summed E-state index contributed by atoms with van der Waals surface area (Å²) in [6.45, 7) is -0.0542. The highest BCUT2D eigenvalue weighted by molar-refractivity contribution is 7.80. The van der Waals surface area contributed by atoms with E-state index in [1.807, 2.05) is 0 Å². The topological polar surface area (TPSA) is 264 Å². The van der Waals surface area contributed by atoms with E-state index in [0.717, 1.165) is 6.92 Å². The van der Waals surface area contributed by atoms with E-state index in [0.29, 0.717) is 0 Å². The summed E-state index contributed by atoms with van der Waals surface area (Å²) >= 11 is 0. The molecule has 2 saturated heterocycles. The molecule has 16 nitrogen and oxygen atoms in total. The Balaban J connectivity index is 2.27. The lowest BCUT2D eigenvalue weighted by atomic mass is 9.95. The van der Waals surface area contributed by atoms with Crippen molar-refractivity contribution in [3.63, 3.8) is 0 Å². The molecule has 6 N–H and O–H groups in total. The van der Waals surface area contributed by atoms with Crippen LogP contribution in [0, 0.1) is 0 Å². The molecule has 180 valence electrons. The zero-order chi connectivity index (χ0) is 23.7. The minimum absolute atomic E-state index is 0.751. The van der Waals surface area contributed by atoms with Crippen molar-refractivity contribution in [3.05, 3.63) is 0 Å². The number of aliphatic hydroxyl groups excluding tert-OH is 5. The molecule has 0 aromatic heterocycles. The summed E-state index contributed by atoms with van der Waals surface area (Å²) in [5.74, 6) is -2.72. The molecule has 10 unspecified atom stereocenters. The van der Waals surface area contributed by atoms with Crippen LogP contribution in [0.4, 0.5) is 0 Å². The van der Waals surface area contributed by atoms with Crippen molar-refractivity contribution in [2.75, 3.05) is 6.61 Å². The molecule has 17 heteroatoms. The molecule has 2 aliphatic rings. The fraction of sp³-hybridized carbons (Fsp3) is 0.857. The second kappa shape index (κ2) is 9.96. The molecule has 31 heavy (non-hydrogen) atoms. The van der Waals surface area contributed by atoms with E-state index in [-0.39, 0.29) is 0 Å². The number of carbonyl (C=O) groups is 2. The van der Waals surface area contributed by atoms with Crippen LogP contribution in [-0.4, -0.2) is 118 Å². The van der Waals surface area contributed by atoms with Gasteiger partial charge in [0.2, 0.25) is 16.3 Å². The van der Waals surface area contributed by atoms with Crippen LogP contribution in [-0.2, 0) is 38.4 Å². The molecule has 0 saturated carbocycles. The van der Waals surface area contributed by atoms with Crippen LogP contribution in [0.2, 0.25) is 0 Å². The van der Waals surface area contributed by atoms with Gasteiger partial charge < -0.3 is 59.5 Å². The SMILES string of the molecule is CC(=O)NC1C(O)OC(COS(=O)(=O)[O-])C(O)C1OC1OC(C(=O)[O-])C(O)C(O)C1O. The van der Waals surface area contributed by atoms with E-state index >= 15 is 0 Å². The number of rotatable bonds is 7. The minimum atomic E-state index is -5.21. The molecule has 2 rings (SSSR count). The van der Waals surface area contributed by atoms with Gasteiger partial charge in [-0.3, -0.25) is 8.98 Å². The molecule has 10 atom stereocenters. The van der Waals surface area contributed by atoms with Crippen molar-refractivity contribution < 1.29 is 71.6 Å². The van der Waals surface area contributed by atoms with Crippen LogP contribution in [0.1, 0.15) is 6.92 Å². The Hall–Kier alpha value is -1.51. The van der Waals surface area contributed by atoms with Gasteiger partial charge in [0.25, 0.3) is 0 Å². The highest BCUT2D eigenvalue weighted by Crippen LogP contribution is 2.29. The van der Waals surface area contributed by atoms with Crippen LogP contribution < -0.4 is 10.4 Å². The molecule has 0 bridgehead atoms. The van der Waals surface area contributed by atoms with Crippen LogP contribution >= 0.6 is 0 Å². The zero-order valence-electron chi connectivity index (χ0n) is 15.7. The van der Waals surface area contributed by atoms with Crippen LogP contribution in [0.25, 0.3) is 0 Å². The zero-order valence-corrected chi connectivity index (χ0v) is 16.5. The Morgan fingerprint density at radius 2 is 1.65 bits per heavy atom. The van der Waals surface area contributed by atoms with Crippen molar-refractivity contribution >= 4 is 22.3 Å². The molecule has 0 spiro atoms. The Kier molecular flexibility index (Phi) is 8.27. The monoisotopic (exact) mass is 475 g/mol. The molecule has 0 aromatic rings. The first kappa shape index (κ1) is 25.7. The van der Waals surface area contributed by atoms with Gasteiger partial charge in [-0.25, -0.2) is 8.42 Å². The van der Waals surface area contributed by atoms with Gasteiger partial charge in [0.1, 0.15) is 48.8 Å². The van der Waals surface area contributed by atoms with Crippen molar-refractivity contribution in [3.8, 4) is 0 Å². The number of ether oxygens (including phenoxy) is 3. The van der Waals surface area contributed by atoms with E-state index in [1.54, 1.807) is 0 Å². The van der Waals surface area contributed by atoms with Crippen molar-refractivity contribution in [1.82, 2.24) is 5.32 Å². The molecule has 0 aromatic carbocycles. The predicted molar refractivity (Wildman–Crippen MR) is 86.7 cm³/mol. The number of carbonyl (C=O) groups excluding carboxylic acids is 2. The summed E-state index contributed by atoms with van der Waals surface area (Å²) in [5, 5.41) is 63.4. The standard InChI is InChI=1S/C14H23NO15S/c1-3(16)15-5-10(6(17)4(28-13(5)23)2-27-31(24,25)26)29-14-9(20)7(18)8(19)11(30-14)12(21)22/h4-11,13-14,17-20,23H,2H2,1H3,(H,15,16)(H,21,22)(H,24,25,26)/p-2. The normalized spacial score (nSPS) is 41.5. The number of hydrogen-bond acceptors (Lipinski definition) is 15. The maximum Gasteiger partial charge on any atom is 0.217 e. The number of aliphatic carboxylic acids is 1. The molecular weight excluding hydrogens is 454 g/mol. The molecule has 2 fully saturated rings. The lowest BCUT2D eigenvalue weighted by molar-refractivity contribution is -0.363. The third kappa shape index (κ3) is 6.26. The summed E-state index contributed by atoms with van der Waals surface area (Å²) in [6, 6.07) is -1.58. The quantitative estimate of drug-likeness (QED) is 0.147. The number of carboxylic acid groups (broad SMARTS) is 1. The highest BCUT2D eigenvalue weighted by Gasteiger charge is 2.51. The van der Waals surface area contributed by atoms with Crippen molar-refractivity contribution in [2.45, 2.75) is 68.3 Å². The number of carboxylic acids is 1. The van der Waals surface area contributed by atoms with Crippen LogP contribution in [0.3, 0.4) is 0 Å². The van der Waals surface area contributed by atoms with Gasteiger partial charge in [-0.15, -0.1) is 0 Å². The Labute approximate surface area is 174 Å². The summed E-state index contributed by atoms with van der Waals surface area (Å²) in [5.41, 5.74) is 0. The summed E-state index contributed by atoms with van der Waals surface area (Å²) in [4.78, 5) is 22.5. The van der Waals surface area contributed by atoms with Crippen molar-refractivity contribution in [2.24, 2.45) is 0 Å². The van der Waals surface area contributed by atoms with E-state index in [2.05, 4.69) is 9.50 Å². The summed E-state index contributed by atoms with van der Waals surface area (Å²) in [6.07, 6.45) is -17.8. The molecule has 2 aliphatic heterocycles. The maximum absolute atomic E-state index is 11.4. The Morgan fingerprint density at radius 3 is 2.16 bits per heavy atom. The molecule has 2 heterocycles. The highest BCUT2D eigenvalue weighted by atomic mass is 32.3. The first-order valence-electron chi connectivity index (χ1n) is 8.68. The first-order chi connectivity index (χ1) is 14.2. The van der Waals surface area contributed by atoms with E-state index < -0.39 is 90.2 Å². The smallest absolute Gasteiger partial charge is 0.217 e. The lowest BCUT2D eigenvalue weighted by Gasteiger charge is -2.46. The molecule has 0 aliphatic carbocycles. The van der Waals surface area contributed by atoms with E-state index in [1.165, 1.54) is 0 Å². The summed E-state index contributed by atoms with van der Waals surface area (Å²) < 4.78 is 51.0. The number of hydrogen-bond donors (Lipinski definition) is 6. The average molecular weight is 475 g/mol. The third-order valence-corrected chi connectivity index (χ3v) is 4.96. The van der Waals surface area contributed by atoms with Crippen LogP contribution in [0.15, 0.2) is 0 Å². The maximum atomic E-state index is 11.4. The van der Waals surface area contributed by atoms with E-state index in [9.17, 15) is 53.2 Å². The predicted octanol–water partition coefficient (Wildman–Crippen LogP) is -7.01. The number of amides is 1. The average Bonchev–Trinajstić information content (AvgIpc) is 2.64. The second-order valence-corrected chi connectivity index (χ2v) is 7.84.